The molecular weight excluding hydrogens is 292 g/mol. The summed E-state index contributed by atoms with van der Waals surface area (Å²) in [6.45, 7) is 2.90. The van der Waals surface area contributed by atoms with Crippen LogP contribution in [0.2, 0.25) is 0 Å². The van der Waals surface area contributed by atoms with Gasteiger partial charge in [0.05, 0.1) is 24.2 Å². The Morgan fingerprint density at radius 3 is 2.67 bits per heavy atom. The van der Waals surface area contributed by atoms with Crippen molar-refractivity contribution in [3.8, 4) is 0 Å². The summed E-state index contributed by atoms with van der Waals surface area (Å²) in [5.41, 5.74) is 6.85. The van der Waals surface area contributed by atoms with Gasteiger partial charge in [0, 0.05) is 18.8 Å². The fourth-order valence-electron chi connectivity index (χ4n) is 2.49. The van der Waals surface area contributed by atoms with E-state index in [1.54, 1.807) is 19.1 Å². The maximum absolute atomic E-state index is 12.7. The summed E-state index contributed by atoms with van der Waals surface area (Å²) in [6, 6.07) is 4.93. The van der Waals surface area contributed by atoms with E-state index in [0.29, 0.717) is 43.8 Å². The molecule has 7 heteroatoms. The molecule has 1 aromatic carbocycles. The van der Waals surface area contributed by atoms with Crippen LogP contribution in [0.15, 0.2) is 23.1 Å². The number of nitrogens with two attached hydrogens (primary N) is 1. The van der Waals surface area contributed by atoms with Gasteiger partial charge in [0.25, 0.3) is 0 Å². The van der Waals surface area contributed by atoms with Gasteiger partial charge >= 0.3 is 0 Å². The van der Waals surface area contributed by atoms with Crippen LogP contribution in [0.4, 0.5) is 5.69 Å². The van der Waals surface area contributed by atoms with E-state index < -0.39 is 10.0 Å². The van der Waals surface area contributed by atoms with Gasteiger partial charge in [-0.2, -0.15) is 4.31 Å². The molecule has 0 atom stereocenters. The minimum absolute atomic E-state index is 0.0129. The van der Waals surface area contributed by atoms with Crippen LogP contribution in [0.3, 0.4) is 0 Å². The highest BCUT2D eigenvalue weighted by Gasteiger charge is 2.30. The summed E-state index contributed by atoms with van der Waals surface area (Å²) in [4.78, 5) is 0.275. The quantitative estimate of drug-likeness (QED) is 0.782. The van der Waals surface area contributed by atoms with Crippen LogP contribution in [0.1, 0.15) is 18.4 Å². The third-order valence-electron chi connectivity index (χ3n) is 3.68. The predicted molar refractivity (Wildman–Crippen MR) is 80.4 cm³/mol. The lowest BCUT2D eigenvalue weighted by molar-refractivity contribution is 0.00318. The van der Waals surface area contributed by atoms with Gasteiger partial charge in [0.15, 0.2) is 0 Å². The summed E-state index contributed by atoms with van der Waals surface area (Å²) in [5.74, 6) is 0. The average molecular weight is 314 g/mol. The number of aliphatic hydroxyl groups excluding tert-OH is 1. The number of anilines is 1. The first-order chi connectivity index (χ1) is 9.95. The molecule has 3 N–H and O–H groups in total. The van der Waals surface area contributed by atoms with E-state index >= 15 is 0 Å². The number of hydrogen-bond acceptors (Lipinski definition) is 5. The van der Waals surface area contributed by atoms with Gasteiger partial charge in [0.1, 0.15) is 0 Å². The number of nitrogens with zero attached hydrogens (tertiary/aromatic N) is 1. The average Bonchev–Trinajstić information content (AvgIpc) is 2.48. The number of rotatable bonds is 5. The summed E-state index contributed by atoms with van der Waals surface area (Å²) in [6.07, 6.45) is 1.30. The maximum atomic E-state index is 12.7. The standard InChI is InChI=1S/C14H22N2O4S/c1-11-2-3-12(15)10-14(11)21(18,19)16-6-4-13(5-7-16)20-9-8-17/h2-3,10,13,17H,4-9,15H2,1H3. The SMILES string of the molecule is Cc1ccc(N)cc1S(=O)(=O)N1CCC(OCCO)CC1. The molecule has 1 heterocycles. The van der Waals surface area contributed by atoms with E-state index in [9.17, 15) is 8.42 Å². The maximum Gasteiger partial charge on any atom is 0.243 e. The summed E-state index contributed by atoms with van der Waals surface area (Å²) < 4.78 is 32.3. The highest BCUT2D eigenvalue weighted by molar-refractivity contribution is 7.89. The van der Waals surface area contributed by atoms with E-state index in [1.165, 1.54) is 10.4 Å². The number of piperidine rings is 1. The zero-order valence-corrected chi connectivity index (χ0v) is 13.0. The molecule has 0 aliphatic carbocycles. The number of aryl methyl sites for hydroxylation is 1. The number of aliphatic hydroxyl groups is 1. The lowest BCUT2D eigenvalue weighted by Gasteiger charge is -2.31. The first kappa shape index (κ1) is 16.2. The predicted octanol–water partition coefficient (Wildman–Crippen LogP) is 0.739. The zero-order chi connectivity index (χ0) is 15.5. The third kappa shape index (κ3) is 3.74. The molecular formula is C14H22N2O4S. The number of nitrogen functional groups attached to an aromatic ring is 1. The largest absolute Gasteiger partial charge is 0.399 e. The van der Waals surface area contributed by atoms with Crippen molar-refractivity contribution in [1.82, 2.24) is 4.31 Å². The minimum Gasteiger partial charge on any atom is -0.399 e. The smallest absolute Gasteiger partial charge is 0.243 e. The van der Waals surface area contributed by atoms with Crippen molar-refractivity contribution in [2.24, 2.45) is 0 Å². The molecule has 21 heavy (non-hydrogen) atoms. The molecule has 0 aromatic heterocycles. The lowest BCUT2D eigenvalue weighted by Crippen LogP contribution is -2.41. The van der Waals surface area contributed by atoms with Gasteiger partial charge in [0.2, 0.25) is 10.0 Å². The van der Waals surface area contributed by atoms with Crippen molar-refractivity contribution < 1.29 is 18.3 Å². The van der Waals surface area contributed by atoms with Crippen molar-refractivity contribution in [1.29, 1.82) is 0 Å². The lowest BCUT2D eigenvalue weighted by atomic mass is 10.1. The van der Waals surface area contributed by atoms with Crippen LogP contribution >= 0.6 is 0 Å². The Hall–Kier alpha value is -1.15. The second kappa shape index (κ2) is 6.74. The Morgan fingerprint density at radius 2 is 2.05 bits per heavy atom. The Labute approximate surface area is 125 Å². The van der Waals surface area contributed by atoms with Crippen LogP contribution in [0.5, 0.6) is 0 Å². The van der Waals surface area contributed by atoms with E-state index in [0.717, 1.165) is 0 Å². The van der Waals surface area contributed by atoms with Crippen molar-refractivity contribution in [3.05, 3.63) is 23.8 Å². The minimum atomic E-state index is -3.51. The summed E-state index contributed by atoms with van der Waals surface area (Å²) in [5, 5.41) is 8.74. The van der Waals surface area contributed by atoms with Crippen molar-refractivity contribution in [2.75, 3.05) is 32.0 Å². The Bertz CT molecular complexity index is 581. The molecule has 6 nitrogen and oxygen atoms in total. The second-order valence-electron chi connectivity index (χ2n) is 5.22. The highest BCUT2D eigenvalue weighted by Crippen LogP contribution is 2.25. The molecule has 0 saturated carbocycles. The first-order valence-electron chi connectivity index (χ1n) is 7.04. The first-order valence-corrected chi connectivity index (χ1v) is 8.48. The zero-order valence-electron chi connectivity index (χ0n) is 12.2. The molecule has 1 aromatic rings. The normalized spacial score (nSPS) is 18.0. The van der Waals surface area contributed by atoms with Crippen LogP contribution in [-0.4, -0.2) is 50.2 Å². The van der Waals surface area contributed by atoms with Crippen molar-refractivity contribution >= 4 is 15.7 Å². The monoisotopic (exact) mass is 314 g/mol. The second-order valence-corrected chi connectivity index (χ2v) is 7.13. The molecule has 0 radical (unpaired) electrons. The number of ether oxygens (including phenoxy) is 1. The van der Waals surface area contributed by atoms with Crippen LogP contribution < -0.4 is 5.73 Å². The molecule has 1 fully saturated rings. The molecule has 1 saturated heterocycles. The van der Waals surface area contributed by atoms with Gasteiger partial charge in [-0.15, -0.1) is 0 Å². The number of hydrogen-bond donors (Lipinski definition) is 2. The molecule has 2 rings (SSSR count). The third-order valence-corrected chi connectivity index (χ3v) is 5.72. The topological polar surface area (TPSA) is 92.9 Å². The van der Waals surface area contributed by atoms with Crippen LogP contribution in [-0.2, 0) is 14.8 Å². The van der Waals surface area contributed by atoms with Crippen molar-refractivity contribution in [3.63, 3.8) is 0 Å². The van der Waals surface area contributed by atoms with E-state index in [4.69, 9.17) is 15.6 Å². The van der Waals surface area contributed by atoms with Crippen LogP contribution in [0.25, 0.3) is 0 Å². The molecule has 0 bridgehead atoms. The fraction of sp³-hybridized carbons (Fsp3) is 0.571. The van der Waals surface area contributed by atoms with Gasteiger partial charge < -0.3 is 15.6 Å². The Morgan fingerprint density at radius 1 is 1.38 bits per heavy atom. The number of sulfonamides is 1. The molecule has 0 unspecified atom stereocenters. The Kier molecular flexibility index (Phi) is 5.21. The van der Waals surface area contributed by atoms with Crippen molar-refractivity contribution in [2.45, 2.75) is 30.8 Å². The van der Waals surface area contributed by atoms with Gasteiger partial charge in [-0.05, 0) is 37.5 Å². The fourth-order valence-corrected chi connectivity index (χ4v) is 4.22. The van der Waals surface area contributed by atoms with Gasteiger partial charge in [-0.3, -0.25) is 0 Å². The summed E-state index contributed by atoms with van der Waals surface area (Å²) in [7, 11) is -3.51. The Balaban J connectivity index is 2.10. The molecule has 118 valence electrons. The molecule has 1 aliphatic rings. The number of benzene rings is 1. The van der Waals surface area contributed by atoms with Gasteiger partial charge in [-0.1, -0.05) is 6.07 Å². The van der Waals surface area contributed by atoms with Crippen LogP contribution in [0, 0.1) is 6.92 Å². The summed E-state index contributed by atoms with van der Waals surface area (Å²) >= 11 is 0. The van der Waals surface area contributed by atoms with Gasteiger partial charge in [-0.25, -0.2) is 8.42 Å². The van der Waals surface area contributed by atoms with E-state index in [2.05, 4.69) is 0 Å². The molecule has 0 spiro atoms. The highest BCUT2D eigenvalue weighted by atomic mass is 32.2. The molecule has 1 aliphatic heterocycles. The molecule has 0 amide bonds. The van der Waals surface area contributed by atoms with E-state index in [1.807, 2.05) is 0 Å². The van der Waals surface area contributed by atoms with E-state index in [-0.39, 0.29) is 17.6 Å².